The molecule has 1 atom stereocenters. The Morgan fingerprint density at radius 3 is 2.67 bits per heavy atom. The van der Waals surface area contributed by atoms with Crippen LogP contribution in [0.2, 0.25) is 4.34 Å². The first-order valence-corrected chi connectivity index (χ1v) is 7.63. The van der Waals surface area contributed by atoms with E-state index in [0.29, 0.717) is 9.21 Å². The van der Waals surface area contributed by atoms with Crippen LogP contribution in [-0.4, -0.2) is 35.3 Å². The van der Waals surface area contributed by atoms with Crippen LogP contribution in [0.25, 0.3) is 0 Å². The van der Waals surface area contributed by atoms with Gasteiger partial charge in [0.1, 0.15) is 6.54 Å². The van der Waals surface area contributed by atoms with E-state index in [1.54, 1.807) is 19.1 Å². The van der Waals surface area contributed by atoms with Crippen LogP contribution in [0.4, 0.5) is 4.79 Å². The Morgan fingerprint density at radius 1 is 1.48 bits per heavy atom. The van der Waals surface area contributed by atoms with Gasteiger partial charge in [-0.1, -0.05) is 11.6 Å². The minimum absolute atomic E-state index is 0.0549. The zero-order valence-electron chi connectivity index (χ0n) is 11.9. The molecule has 4 amide bonds. The van der Waals surface area contributed by atoms with Crippen molar-refractivity contribution in [2.45, 2.75) is 32.4 Å². The predicted molar refractivity (Wildman–Crippen MR) is 80.2 cm³/mol. The number of carbonyl (C=O) groups is 3. The highest BCUT2D eigenvalue weighted by Gasteiger charge is 2.50. The van der Waals surface area contributed by atoms with Gasteiger partial charge in [-0.25, -0.2) is 4.79 Å². The van der Waals surface area contributed by atoms with Crippen molar-refractivity contribution in [2.75, 3.05) is 6.54 Å². The summed E-state index contributed by atoms with van der Waals surface area (Å²) < 4.78 is 0.532. The van der Waals surface area contributed by atoms with E-state index in [9.17, 15) is 14.4 Å². The molecule has 6 nitrogen and oxygen atoms in total. The first kappa shape index (κ1) is 15.8. The zero-order valence-corrected chi connectivity index (χ0v) is 13.5. The highest BCUT2D eigenvalue weighted by Crippen LogP contribution is 2.35. The number of nitrogens with zero attached hydrogens (tertiary/aromatic N) is 1. The highest BCUT2D eigenvalue weighted by molar-refractivity contribution is 7.16. The number of rotatable bonds is 4. The lowest BCUT2D eigenvalue weighted by Gasteiger charge is -2.20. The van der Waals surface area contributed by atoms with Crippen LogP contribution < -0.4 is 10.6 Å². The van der Waals surface area contributed by atoms with Gasteiger partial charge in [-0.05, 0) is 32.9 Å². The van der Waals surface area contributed by atoms with E-state index in [1.165, 1.54) is 11.3 Å². The predicted octanol–water partition coefficient (Wildman–Crippen LogP) is 1.69. The molecule has 2 rings (SSSR count). The summed E-state index contributed by atoms with van der Waals surface area (Å²) in [4.78, 5) is 37.8. The number of urea groups is 1. The lowest BCUT2D eigenvalue weighted by Crippen LogP contribution is -2.44. The number of amides is 4. The minimum atomic E-state index is -1.17. The third-order valence-corrected chi connectivity index (χ3v) is 4.55. The molecule has 114 valence electrons. The molecule has 0 aliphatic carbocycles. The molecule has 2 heterocycles. The summed E-state index contributed by atoms with van der Waals surface area (Å²) in [5.41, 5.74) is -1.17. The molecular formula is C13H16ClN3O3S. The standard InChI is InChI=1S/C13H16ClN3O3S/c1-7(2)15-10(18)6-17-11(19)13(3,16-12(17)20)8-4-5-9(14)21-8/h4-5,7H,6H2,1-3H3,(H,15,18)(H,16,20)/t13-/m0/s1. The Balaban J connectivity index is 2.18. The van der Waals surface area contributed by atoms with Crippen molar-refractivity contribution in [3.63, 3.8) is 0 Å². The van der Waals surface area contributed by atoms with Crippen LogP contribution in [-0.2, 0) is 15.1 Å². The first-order chi connectivity index (χ1) is 9.74. The lowest BCUT2D eigenvalue weighted by molar-refractivity contribution is -0.134. The summed E-state index contributed by atoms with van der Waals surface area (Å²) in [5, 5.41) is 5.28. The third kappa shape index (κ3) is 3.03. The van der Waals surface area contributed by atoms with E-state index in [0.717, 1.165) is 4.90 Å². The van der Waals surface area contributed by atoms with Gasteiger partial charge in [-0.15, -0.1) is 11.3 Å². The van der Waals surface area contributed by atoms with E-state index in [1.807, 2.05) is 13.8 Å². The zero-order chi connectivity index (χ0) is 15.8. The molecule has 2 N–H and O–H groups in total. The van der Waals surface area contributed by atoms with Crippen molar-refractivity contribution >= 4 is 40.8 Å². The Kier molecular flexibility index (Phi) is 4.25. The fourth-order valence-electron chi connectivity index (χ4n) is 2.10. The second-order valence-electron chi connectivity index (χ2n) is 5.27. The van der Waals surface area contributed by atoms with Crippen LogP contribution >= 0.6 is 22.9 Å². The van der Waals surface area contributed by atoms with Crippen molar-refractivity contribution < 1.29 is 14.4 Å². The number of halogens is 1. The van der Waals surface area contributed by atoms with Crippen LogP contribution in [0.15, 0.2) is 12.1 Å². The van der Waals surface area contributed by atoms with Gasteiger partial charge in [0.05, 0.1) is 4.34 Å². The molecule has 0 bridgehead atoms. The molecular weight excluding hydrogens is 314 g/mol. The lowest BCUT2D eigenvalue weighted by atomic mass is 10.0. The molecule has 1 aromatic rings. The quantitative estimate of drug-likeness (QED) is 0.825. The van der Waals surface area contributed by atoms with E-state index in [-0.39, 0.29) is 18.5 Å². The van der Waals surface area contributed by atoms with Gasteiger partial charge < -0.3 is 10.6 Å². The molecule has 0 unspecified atom stereocenters. The van der Waals surface area contributed by atoms with Crippen LogP contribution in [0, 0.1) is 0 Å². The van der Waals surface area contributed by atoms with Crippen LogP contribution in [0.5, 0.6) is 0 Å². The normalized spacial score (nSPS) is 21.9. The number of thiophene rings is 1. The van der Waals surface area contributed by atoms with E-state index in [4.69, 9.17) is 11.6 Å². The van der Waals surface area contributed by atoms with Crippen molar-refractivity contribution in [2.24, 2.45) is 0 Å². The molecule has 1 saturated heterocycles. The number of carbonyl (C=O) groups excluding carboxylic acids is 3. The van der Waals surface area contributed by atoms with Crippen molar-refractivity contribution in [1.82, 2.24) is 15.5 Å². The Morgan fingerprint density at radius 2 is 2.14 bits per heavy atom. The molecule has 8 heteroatoms. The van der Waals surface area contributed by atoms with Gasteiger partial charge in [-0.3, -0.25) is 14.5 Å². The maximum Gasteiger partial charge on any atom is 0.325 e. The molecule has 1 fully saturated rings. The van der Waals surface area contributed by atoms with E-state index < -0.39 is 17.5 Å². The molecule has 0 aromatic carbocycles. The van der Waals surface area contributed by atoms with Crippen molar-refractivity contribution in [3.05, 3.63) is 21.3 Å². The monoisotopic (exact) mass is 329 g/mol. The summed E-state index contributed by atoms with van der Waals surface area (Å²) in [6.45, 7) is 4.93. The van der Waals surface area contributed by atoms with E-state index >= 15 is 0 Å². The second kappa shape index (κ2) is 5.65. The molecule has 0 spiro atoms. The average Bonchev–Trinajstić information content (AvgIpc) is 2.88. The number of hydrogen-bond acceptors (Lipinski definition) is 4. The highest BCUT2D eigenvalue weighted by atomic mass is 35.5. The van der Waals surface area contributed by atoms with Crippen LogP contribution in [0.3, 0.4) is 0 Å². The first-order valence-electron chi connectivity index (χ1n) is 6.43. The smallest absolute Gasteiger partial charge is 0.325 e. The van der Waals surface area contributed by atoms with Gasteiger partial charge >= 0.3 is 6.03 Å². The Bertz CT molecular complexity index is 601. The SMILES string of the molecule is CC(C)NC(=O)CN1C(=O)N[C@@](C)(c2ccc(Cl)s2)C1=O. The summed E-state index contributed by atoms with van der Waals surface area (Å²) in [6.07, 6.45) is 0. The molecule has 21 heavy (non-hydrogen) atoms. The van der Waals surface area contributed by atoms with Gasteiger partial charge in [0.15, 0.2) is 5.54 Å². The second-order valence-corrected chi connectivity index (χ2v) is 6.99. The molecule has 0 radical (unpaired) electrons. The maximum absolute atomic E-state index is 12.5. The average molecular weight is 330 g/mol. The molecule has 1 aliphatic rings. The number of hydrogen-bond donors (Lipinski definition) is 2. The van der Waals surface area contributed by atoms with Crippen molar-refractivity contribution in [3.8, 4) is 0 Å². The fourth-order valence-corrected chi connectivity index (χ4v) is 3.24. The summed E-state index contributed by atoms with van der Waals surface area (Å²) in [6, 6.07) is 2.73. The minimum Gasteiger partial charge on any atom is -0.352 e. The third-order valence-electron chi connectivity index (χ3n) is 3.09. The van der Waals surface area contributed by atoms with Gasteiger partial charge in [0.25, 0.3) is 5.91 Å². The van der Waals surface area contributed by atoms with E-state index in [2.05, 4.69) is 10.6 Å². The van der Waals surface area contributed by atoms with Gasteiger partial charge in [0, 0.05) is 10.9 Å². The molecule has 0 saturated carbocycles. The maximum atomic E-state index is 12.5. The summed E-state index contributed by atoms with van der Waals surface area (Å²) >= 11 is 7.10. The number of nitrogens with one attached hydrogen (secondary N) is 2. The topological polar surface area (TPSA) is 78.5 Å². The Hall–Kier alpha value is -1.60. The van der Waals surface area contributed by atoms with Crippen LogP contribution in [0.1, 0.15) is 25.6 Å². The molecule has 1 aromatic heterocycles. The Labute approximate surface area is 131 Å². The van der Waals surface area contributed by atoms with Gasteiger partial charge in [0.2, 0.25) is 5.91 Å². The fraction of sp³-hybridized carbons (Fsp3) is 0.462. The summed E-state index contributed by atoms with van der Waals surface area (Å²) in [7, 11) is 0. The van der Waals surface area contributed by atoms with Crippen molar-refractivity contribution in [1.29, 1.82) is 0 Å². The largest absolute Gasteiger partial charge is 0.352 e. The summed E-state index contributed by atoms with van der Waals surface area (Å²) in [5.74, 6) is -0.827. The van der Waals surface area contributed by atoms with Gasteiger partial charge in [-0.2, -0.15) is 0 Å². The molecule has 1 aliphatic heterocycles. The number of imide groups is 1.